The monoisotopic (exact) mass is 294 g/mol. The van der Waals surface area contributed by atoms with Crippen LogP contribution in [-0.2, 0) is 14.8 Å². The lowest BCUT2D eigenvalue weighted by Gasteiger charge is -2.51. The minimum absolute atomic E-state index is 0.273. The molecule has 0 unspecified atom stereocenters. The van der Waals surface area contributed by atoms with Gasteiger partial charge in [0.25, 0.3) is 0 Å². The third-order valence-corrected chi connectivity index (χ3v) is 5.85. The van der Waals surface area contributed by atoms with Crippen LogP contribution in [0.15, 0.2) is 0 Å². The lowest BCUT2D eigenvalue weighted by Crippen LogP contribution is -2.63. The fourth-order valence-electron chi connectivity index (χ4n) is 3.03. The molecule has 112 valence electrons. The Morgan fingerprint density at radius 2 is 2.05 bits per heavy atom. The van der Waals surface area contributed by atoms with Crippen molar-refractivity contribution in [3.8, 4) is 0 Å². The number of rotatable bonds is 5. The van der Waals surface area contributed by atoms with E-state index >= 15 is 0 Å². The molecule has 7 heteroatoms. The Balaban J connectivity index is 1.98. The van der Waals surface area contributed by atoms with Crippen LogP contribution in [0.25, 0.3) is 0 Å². The van der Waals surface area contributed by atoms with Gasteiger partial charge in [-0.05, 0) is 25.8 Å². The van der Waals surface area contributed by atoms with Crippen molar-refractivity contribution in [1.29, 1.82) is 0 Å². The number of sulfonamides is 1. The molecule has 2 heterocycles. The molecule has 0 aromatic heterocycles. The van der Waals surface area contributed by atoms with Crippen LogP contribution >= 0.6 is 0 Å². The smallest absolute Gasteiger partial charge is 0.216 e. The van der Waals surface area contributed by atoms with Crippen LogP contribution in [0.2, 0.25) is 0 Å². The van der Waals surface area contributed by atoms with E-state index in [-0.39, 0.29) is 11.8 Å². The SMILES string of the molecule is COC[C@@H]1C[C@@H]2CN(S(=O)(=O)CCF)CCCCN12. The standard InChI is InChI=1S/C12H23FN2O3S/c1-18-10-12-8-11-9-14(19(16,17)7-4-13)5-2-3-6-15(11)12/h11-12H,2-10H2,1H3/t11-,12+/m1/s1. The van der Waals surface area contributed by atoms with Crippen molar-refractivity contribution in [3.63, 3.8) is 0 Å². The molecule has 0 saturated carbocycles. The molecule has 5 nitrogen and oxygen atoms in total. The first-order chi connectivity index (χ1) is 9.08. The first kappa shape index (κ1) is 15.2. The van der Waals surface area contributed by atoms with Gasteiger partial charge in [-0.3, -0.25) is 4.90 Å². The highest BCUT2D eigenvalue weighted by Gasteiger charge is 2.41. The van der Waals surface area contributed by atoms with Crippen LogP contribution in [-0.4, -0.2) is 75.5 Å². The van der Waals surface area contributed by atoms with Crippen molar-refractivity contribution in [2.24, 2.45) is 0 Å². The number of hydrogen-bond acceptors (Lipinski definition) is 4. The van der Waals surface area contributed by atoms with Gasteiger partial charge in [0.15, 0.2) is 0 Å². The van der Waals surface area contributed by atoms with Crippen LogP contribution in [0.3, 0.4) is 0 Å². The van der Waals surface area contributed by atoms with E-state index in [2.05, 4.69) is 4.90 Å². The average Bonchev–Trinajstić information content (AvgIpc) is 2.31. The highest BCUT2D eigenvalue weighted by Crippen LogP contribution is 2.29. The van der Waals surface area contributed by atoms with E-state index in [1.807, 2.05) is 0 Å². The second-order valence-corrected chi connectivity index (χ2v) is 7.40. The quantitative estimate of drug-likeness (QED) is 0.740. The molecule has 0 radical (unpaired) electrons. The van der Waals surface area contributed by atoms with E-state index in [1.165, 1.54) is 4.31 Å². The molecule has 2 rings (SSSR count). The molecule has 2 aliphatic rings. The van der Waals surface area contributed by atoms with Gasteiger partial charge in [0.1, 0.15) is 6.67 Å². The summed E-state index contributed by atoms with van der Waals surface area (Å²) in [4.78, 5) is 2.33. The maximum atomic E-state index is 12.3. The van der Waals surface area contributed by atoms with Gasteiger partial charge in [-0.2, -0.15) is 0 Å². The molecule has 0 aromatic rings. The lowest BCUT2D eigenvalue weighted by atomic mass is 9.91. The molecular weight excluding hydrogens is 271 g/mol. The topological polar surface area (TPSA) is 49.9 Å². The van der Waals surface area contributed by atoms with Crippen molar-refractivity contribution in [2.75, 3.05) is 45.8 Å². The summed E-state index contributed by atoms with van der Waals surface area (Å²) in [7, 11) is -1.73. The molecule has 0 bridgehead atoms. The van der Waals surface area contributed by atoms with Crippen molar-refractivity contribution < 1.29 is 17.5 Å². The van der Waals surface area contributed by atoms with E-state index in [0.717, 1.165) is 25.8 Å². The molecule has 0 amide bonds. The fraction of sp³-hybridized carbons (Fsp3) is 1.00. The van der Waals surface area contributed by atoms with Gasteiger partial charge >= 0.3 is 0 Å². The van der Waals surface area contributed by atoms with Gasteiger partial charge in [-0.15, -0.1) is 0 Å². The molecule has 2 aliphatic heterocycles. The average molecular weight is 294 g/mol. The molecule has 2 atom stereocenters. The third kappa shape index (κ3) is 3.45. The lowest BCUT2D eigenvalue weighted by molar-refractivity contribution is -0.0402. The third-order valence-electron chi connectivity index (χ3n) is 4.06. The second-order valence-electron chi connectivity index (χ2n) is 5.31. The van der Waals surface area contributed by atoms with Crippen LogP contribution in [0.4, 0.5) is 4.39 Å². The zero-order chi connectivity index (χ0) is 13.9. The van der Waals surface area contributed by atoms with Gasteiger partial charge in [0.2, 0.25) is 10.0 Å². The maximum absolute atomic E-state index is 12.3. The van der Waals surface area contributed by atoms with E-state index in [4.69, 9.17) is 4.74 Å². The summed E-state index contributed by atoms with van der Waals surface area (Å²) in [5.41, 5.74) is 0. The number of halogens is 1. The van der Waals surface area contributed by atoms with Crippen LogP contribution < -0.4 is 0 Å². The number of methoxy groups -OCH3 is 1. The summed E-state index contributed by atoms with van der Waals surface area (Å²) in [6.45, 7) is 1.94. The van der Waals surface area contributed by atoms with Gasteiger partial charge in [-0.1, -0.05) is 0 Å². The summed E-state index contributed by atoms with van der Waals surface area (Å²) in [6, 6.07) is 0.689. The number of nitrogens with zero attached hydrogens (tertiary/aromatic N) is 2. The zero-order valence-electron chi connectivity index (χ0n) is 11.4. The molecule has 0 N–H and O–H groups in total. The van der Waals surface area contributed by atoms with Crippen LogP contribution in [0.5, 0.6) is 0 Å². The van der Waals surface area contributed by atoms with Gasteiger partial charge in [-0.25, -0.2) is 17.1 Å². The van der Waals surface area contributed by atoms with Crippen LogP contribution in [0.1, 0.15) is 19.3 Å². The Kier molecular flexibility index (Phi) is 5.16. The minimum Gasteiger partial charge on any atom is -0.383 e. The van der Waals surface area contributed by atoms with Crippen LogP contribution in [0, 0.1) is 0 Å². The summed E-state index contributed by atoms with van der Waals surface area (Å²) in [6.07, 6.45) is 2.79. The molecule has 2 saturated heterocycles. The predicted octanol–water partition coefficient (Wildman–Crippen LogP) is 0.471. The Bertz CT molecular complexity index is 390. The largest absolute Gasteiger partial charge is 0.383 e. The van der Waals surface area contributed by atoms with Gasteiger partial charge in [0, 0.05) is 32.3 Å². The summed E-state index contributed by atoms with van der Waals surface area (Å²) < 4.78 is 43.0. The Morgan fingerprint density at radius 3 is 2.74 bits per heavy atom. The summed E-state index contributed by atoms with van der Waals surface area (Å²) in [5.74, 6) is -0.388. The molecule has 0 aliphatic carbocycles. The first-order valence-corrected chi connectivity index (χ1v) is 8.48. The number of ether oxygens (including phenoxy) is 1. The summed E-state index contributed by atoms with van der Waals surface area (Å²) >= 11 is 0. The molecule has 0 aromatic carbocycles. The van der Waals surface area contributed by atoms with Crippen molar-refractivity contribution in [3.05, 3.63) is 0 Å². The fourth-order valence-corrected chi connectivity index (χ4v) is 4.29. The highest BCUT2D eigenvalue weighted by molar-refractivity contribution is 7.89. The zero-order valence-corrected chi connectivity index (χ0v) is 12.2. The van der Waals surface area contributed by atoms with Gasteiger partial charge < -0.3 is 4.74 Å². The number of alkyl halides is 1. The van der Waals surface area contributed by atoms with E-state index in [9.17, 15) is 12.8 Å². The first-order valence-electron chi connectivity index (χ1n) is 6.87. The molecular formula is C12H23FN2O3S. The second kappa shape index (κ2) is 6.47. The van der Waals surface area contributed by atoms with Gasteiger partial charge in [0.05, 0.1) is 12.4 Å². The van der Waals surface area contributed by atoms with E-state index in [0.29, 0.717) is 25.7 Å². The predicted molar refractivity (Wildman–Crippen MR) is 71.3 cm³/mol. The Labute approximate surface area is 114 Å². The van der Waals surface area contributed by atoms with Crippen molar-refractivity contribution in [1.82, 2.24) is 9.21 Å². The Morgan fingerprint density at radius 1 is 1.32 bits per heavy atom. The van der Waals surface area contributed by atoms with E-state index in [1.54, 1.807) is 7.11 Å². The van der Waals surface area contributed by atoms with E-state index < -0.39 is 16.7 Å². The highest BCUT2D eigenvalue weighted by atomic mass is 32.2. The minimum atomic E-state index is -3.42. The molecule has 0 spiro atoms. The van der Waals surface area contributed by atoms with Crippen molar-refractivity contribution >= 4 is 10.0 Å². The number of fused-ring (bicyclic) bond motifs is 1. The van der Waals surface area contributed by atoms with Crippen molar-refractivity contribution in [2.45, 2.75) is 31.3 Å². The molecule has 19 heavy (non-hydrogen) atoms. The normalized spacial score (nSPS) is 30.2. The summed E-state index contributed by atoms with van der Waals surface area (Å²) in [5, 5.41) is 0. The Hall–Kier alpha value is -0.240. The maximum Gasteiger partial charge on any atom is 0.216 e. The number of hydrogen-bond donors (Lipinski definition) is 0. The molecule has 2 fully saturated rings.